The molecule has 26 heavy (non-hydrogen) atoms. The number of ether oxygens (including phenoxy) is 2. The zero-order valence-corrected chi connectivity index (χ0v) is 15.3. The fourth-order valence-electron chi connectivity index (χ4n) is 2.83. The molecule has 136 valence electrons. The number of aromatic nitrogens is 2. The van der Waals surface area contributed by atoms with E-state index in [4.69, 9.17) is 9.47 Å². The summed E-state index contributed by atoms with van der Waals surface area (Å²) in [5.41, 5.74) is 3.26. The molecule has 2 heterocycles. The van der Waals surface area contributed by atoms with Gasteiger partial charge < -0.3 is 14.8 Å². The molecule has 1 N–H and O–H groups in total. The van der Waals surface area contributed by atoms with E-state index in [1.807, 2.05) is 60.8 Å². The number of aryl methyl sites for hydroxylation is 2. The topological polar surface area (TPSA) is 64.9 Å². The number of methoxy groups -OCH3 is 1. The van der Waals surface area contributed by atoms with Crippen molar-refractivity contribution in [3.05, 3.63) is 59.5 Å². The van der Waals surface area contributed by atoms with E-state index in [0.717, 1.165) is 28.4 Å². The molecule has 6 nitrogen and oxygen atoms in total. The molecule has 3 aromatic rings. The second-order valence-electron chi connectivity index (χ2n) is 5.93. The van der Waals surface area contributed by atoms with E-state index >= 15 is 0 Å². The molecule has 2 aromatic heterocycles. The van der Waals surface area contributed by atoms with Gasteiger partial charge in [-0.15, -0.1) is 0 Å². The largest absolute Gasteiger partial charge is 0.497 e. The number of benzene rings is 1. The van der Waals surface area contributed by atoms with Crippen LogP contribution >= 0.6 is 0 Å². The Morgan fingerprint density at radius 3 is 2.62 bits per heavy atom. The Morgan fingerprint density at radius 1 is 1.19 bits per heavy atom. The van der Waals surface area contributed by atoms with Crippen molar-refractivity contribution < 1.29 is 14.3 Å². The fraction of sp³-hybridized carbons (Fsp3) is 0.300. The van der Waals surface area contributed by atoms with Crippen LogP contribution in [-0.4, -0.2) is 35.6 Å². The summed E-state index contributed by atoms with van der Waals surface area (Å²) in [6.07, 6.45) is 2.57. The standard InChI is InChI=1S/C20H23N3O3/c1-4-17-18(23-12-5-6-14(2)19(23)22-17)20(24)21-11-13-26-16-9-7-15(25-3)8-10-16/h5-10,12H,4,11,13H2,1-3H3,(H,21,24). The van der Waals surface area contributed by atoms with Crippen LogP contribution in [0.4, 0.5) is 0 Å². The minimum absolute atomic E-state index is 0.140. The Kier molecular flexibility index (Phi) is 5.41. The van der Waals surface area contributed by atoms with Crippen molar-refractivity contribution in [3.8, 4) is 11.5 Å². The van der Waals surface area contributed by atoms with Crippen LogP contribution in [0, 0.1) is 6.92 Å². The maximum atomic E-state index is 12.7. The molecule has 0 radical (unpaired) electrons. The number of fused-ring (bicyclic) bond motifs is 1. The van der Waals surface area contributed by atoms with Gasteiger partial charge in [0.1, 0.15) is 29.4 Å². The monoisotopic (exact) mass is 353 g/mol. The molecule has 0 saturated carbocycles. The predicted octanol–water partition coefficient (Wildman–Crippen LogP) is 3.02. The predicted molar refractivity (Wildman–Crippen MR) is 100 cm³/mol. The highest BCUT2D eigenvalue weighted by Gasteiger charge is 2.18. The molecule has 0 spiro atoms. The number of carbonyl (C=O) groups excluding carboxylic acids is 1. The third-order valence-corrected chi connectivity index (χ3v) is 4.18. The van der Waals surface area contributed by atoms with Gasteiger partial charge in [0, 0.05) is 6.20 Å². The summed E-state index contributed by atoms with van der Waals surface area (Å²) >= 11 is 0. The van der Waals surface area contributed by atoms with Crippen molar-refractivity contribution in [1.82, 2.24) is 14.7 Å². The van der Waals surface area contributed by atoms with Crippen molar-refractivity contribution in [2.45, 2.75) is 20.3 Å². The molecule has 0 aliphatic heterocycles. The molecule has 0 bridgehead atoms. The number of nitrogens with one attached hydrogen (secondary N) is 1. The summed E-state index contributed by atoms with van der Waals surface area (Å²) in [5, 5.41) is 2.91. The minimum Gasteiger partial charge on any atom is -0.497 e. The quantitative estimate of drug-likeness (QED) is 0.663. The van der Waals surface area contributed by atoms with Crippen molar-refractivity contribution in [1.29, 1.82) is 0 Å². The Labute approximate surface area is 152 Å². The molecule has 0 unspecified atom stereocenters. The van der Waals surface area contributed by atoms with E-state index in [2.05, 4.69) is 10.3 Å². The van der Waals surface area contributed by atoms with Gasteiger partial charge in [-0.05, 0) is 49.2 Å². The minimum atomic E-state index is -0.140. The molecule has 3 rings (SSSR count). The van der Waals surface area contributed by atoms with Gasteiger partial charge >= 0.3 is 0 Å². The van der Waals surface area contributed by atoms with E-state index in [1.165, 1.54) is 0 Å². The van der Waals surface area contributed by atoms with Crippen molar-refractivity contribution in [2.24, 2.45) is 0 Å². The number of rotatable bonds is 7. The van der Waals surface area contributed by atoms with Crippen LogP contribution in [-0.2, 0) is 6.42 Å². The van der Waals surface area contributed by atoms with E-state index in [9.17, 15) is 4.79 Å². The number of hydrogen-bond acceptors (Lipinski definition) is 4. The lowest BCUT2D eigenvalue weighted by molar-refractivity contribution is 0.0940. The highest BCUT2D eigenvalue weighted by molar-refractivity contribution is 5.94. The first-order valence-electron chi connectivity index (χ1n) is 8.65. The number of carbonyl (C=O) groups is 1. The number of amides is 1. The van der Waals surface area contributed by atoms with Crippen LogP contribution in [0.3, 0.4) is 0 Å². The maximum Gasteiger partial charge on any atom is 0.270 e. The van der Waals surface area contributed by atoms with Crippen LogP contribution in [0.2, 0.25) is 0 Å². The van der Waals surface area contributed by atoms with Crippen LogP contribution < -0.4 is 14.8 Å². The van der Waals surface area contributed by atoms with Gasteiger partial charge in [-0.1, -0.05) is 13.0 Å². The summed E-state index contributed by atoms with van der Waals surface area (Å²) < 4.78 is 12.6. The normalized spacial score (nSPS) is 10.7. The second kappa shape index (κ2) is 7.91. The molecular formula is C20H23N3O3. The lowest BCUT2D eigenvalue weighted by atomic mass is 10.2. The van der Waals surface area contributed by atoms with E-state index < -0.39 is 0 Å². The van der Waals surface area contributed by atoms with Gasteiger partial charge in [0.2, 0.25) is 0 Å². The van der Waals surface area contributed by atoms with Gasteiger partial charge in [-0.25, -0.2) is 4.98 Å². The fourth-order valence-corrected chi connectivity index (χ4v) is 2.83. The maximum absolute atomic E-state index is 12.7. The third kappa shape index (κ3) is 3.64. The van der Waals surface area contributed by atoms with E-state index in [-0.39, 0.29) is 5.91 Å². The highest BCUT2D eigenvalue weighted by Crippen LogP contribution is 2.17. The summed E-state index contributed by atoms with van der Waals surface area (Å²) in [5.74, 6) is 1.37. The van der Waals surface area contributed by atoms with Gasteiger partial charge in [0.05, 0.1) is 19.3 Å². The average molecular weight is 353 g/mol. The van der Waals surface area contributed by atoms with Gasteiger partial charge in [-0.2, -0.15) is 0 Å². The van der Waals surface area contributed by atoms with Crippen molar-refractivity contribution >= 4 is 11.6 Å². The third-order valence-electron chi connectivity index (χ3n) is 4.18. The Balaban J connectivity index is 1.63. The van der Waals surface area contributed by atoms with Crippen molar-refractivity contribution in [3.63, 3.8) is 0 Å². The highest BCUT2D eigenvalue weighted by atomic mass is 16.5. The first-order chi connectivity index (χ1) is 12.6. The average Bonchev–Trinajstić information content (AvgIpc) is 3.05. The number of imidazole rings is 1. The van der Waals surface area contributed by atoms with Crippen LogP contribution in [0.5, 0.6) is 11.5 Å². The van der Waals surface area contributed by atoms with Crippen LogP contribution in [0.1, 0.15) is 28.7 Å². The van der Waals surface area contributed by atoms with Gasteiger partial charge in [0.15, 0.2) is 0 Å². The Hall–Kier alpha value is -3.02. The molecule has 1 aromatic carbocycles. The smallest absolute Gasteiger partial charge is 0.270 e. The molecule has 0 fully saturated rings. The molecule has 6 heteroatoms. The molecule has 0 saturated heterocycles. The Morgan fingerprint density at radius 2 is 1.92 bits per heavy atom. The molecule has 0 atom stereocenters. The van der Waals surface area contributed by atoms with Crippen LogP contribution in [0.25, 0.3) is 5.65 Å². The van der Waals surface area contributed by atoms with E-state index in [0.29, 0.717) is 25.3 Å². The molecule has 0 aliphatic carbocycles. The van der Waals surface area contributed by atoms with Gasteiger partial charge in [0.25, 0.3) is 5.91 Å². The summed E-state index contributed by atoms with van der Waals surface area (Å²) in [6.45, 7) is 4.79. The zero-order valence-electron chi connectivity index (χ0n) is 15.3. The lowest BCUT2D eigenvalue weighted by Gasteiger charge is -2.09. The van der Waals surface area contributed by atoms with Gasteiger partial charge in [-0.3, -0.25) is 9.20 Å². The molecule has 0 aliphatic rings. The molecular weight excluding hydrogens is 330 g/mol. The first-order valence-corrected chi connectivity index (χ1v) is 8.65. The first kappa shape index (κ1) is 17.8. The zero-order chi connectivity index (χ0) is 18.5. The SMILES string of the molecule is CCc1nc2c(C)cccn2c1C(=O)NCCOc1ccc(OC)cc1. The summed E-state index contributed by atoms with van der Waals surface area (Å²) in [7, 11) is 1.62. The van der Waals surface area contributed by atoms with Crippen LogP contribution in [0.15, 0.2) is 42.6 Å². The second-order valence-corrected chi connectivity index (χ2v) is 5.93. The summed E-state index contributed by atoms with van der Waals surface area (Å²) in [6, 6.07) is 11.3. The lowest BCUT2D eigenvalue weighted by Crippen LogP contribution is -2.29. The summed E-state index contributed by atoms with van der Waals surface area (Å²) in [4.78, 5) is 17.3. The number of nitrogens with zero attached hydrogens (tertiary/aromatic N) is 2. The number of hydrogen-bond donors (Lipinski definition) is 1. The molecule has 1 amide bonds. The van der Waals surface area contributed by atoms with E-state index in [1.54, 1.807) is 7.11 Å². The number of pyridine rings is 1. The van der Waals surface area contributed by atoms with Crippen molar-refractivity contribution in [2.75, 3.05) is 20.3 Å². The Bertz CT molecular complexity index is 901.